The number of aromatic nitrogens is 1. The Morgan fingerprint density at radius 3 is 2.52 bits per heavy atom. The summed E-state index contributed by atoms with van der Waals surface area (Å²) >= 11 is 0. The largest absolute Gasteiger partial charge is 0.388 e. The Bertz CT molecular complexity index is 500. The summed E-state index contributed by atoms with van der Waals surface area (Å²) < 4.78 is 2.50. The molecule has 0 saturated carbocycles. The molecule has 0 aliphatic heterocycles. The van der Waals surface area contributed by atoms with Crippen LogP contribution >= 0.6 is 0 Å². The van der Waals surface area contributed by atoms with Gasteiger partial charge in [-0.3, -0.25) is 0 Å². The van der Waals surface area contributed by atoms with Crippen molar-refractivity contribution in [3.63, 3.8) is 0 Å². The van der Waals surface area contributed by atoms with Crippen LogP contribution in [0, 0.1) is 18.3 Å². The van der Waals surface area contributed by atoms with Gasteiger partial charge in [-0.1, -0.05) is 27.7 Å². The van der Waals surface area contributed by atoms with E-state index < -0.39 is 0 Å². The van der Waals surface area contributed by atoms with E-state index in [1.165, 1.54) is 11.4 Å². The number of likely N-dealkylation sites (N-methyl/N-ethyl adjacent to an activating group) is 1. The molecule has 3 nitrogen and oxygen atoms in total. The van der Waals surface area contributed by atoms with Crippen LogP contribution in [0.4, 0.5) is 0 Å². The maximum atomic E-state index is 10.5. The standard InChI is InChI=1S/C18H32N2O/c1-12(2)16(11-19(6)7)20-13(3)8-14-15(20)9-18(4,5)10-17(14)21/h8,12,16-17,21H,9-11H2,1-7H3. The van der Waals surface area contributed by atoms with Crippen LogP contribution in [0.2, 0.25) is 0 Å². The van der Waals surface area contributed by atoms with Gasteiger partial charge < -0.3 is 14.6 Å². The number of nitrogens with zero attached hydrogens (tertiary/aromatic N) is 2. The fraction of sp³-hybridized carbons (Fsp3) is 0.778. The van der Waals surface area contributed by atoms with Crippen molar-refractivity contribution in [2.24, 2.45) is 11.3 Å². The van der Waals surface area contributed by atoms with Crippen LogP contribution in [0.5, 0.6) is 0 Å². The number of rotatable bonds is 4. The Morgan fingerprint density at radius 1 is 1.38 bits per heavy atom. The molecule has 0 aromatic carbocycles. The minimum absolute atomic E-state index is 0.175. The molecule has 0 radical (unpaired) electrons. The Kier molecular flexibility index (Phi) is 4.55. The molecule has 1 aliphatic carbocycles. The van der Waals surface area contributed by atoms with Gasteiger partial charge in [0.2, 0.25) is 0 Å². The SMILES string of the molecule is Cc1cc2c(n1C(CN(C)C)C(C)C)CC(C)(C)CC2O. The van der Waals surface area contributed by atoms with Gasteiger partial charge in [-0.25, -0.2) is 0 Å². The average Bonchev–Trinajstić information content (AvgIpc) is 2.61. The number of aryl methyl sites for hydroxylation is 1. The summed E-state index contributed by atoms with van der Waals surface area (Å²) in [5, 5.41) is 10.5. The molecule has 21 heavy (non-hydrogen) atoms. The van der Waals surface area contributed by atoms with Crippen molar-refractivity contribution in [3.05, 3.63) is 23.0 Å². The predicted octanol–water partition coefficient (Wildman–Crippen LogP) is 3.56. The number of hydrogen-bond donors (Lipinski definition) is 1. The number of hydrogen-bond acceptors (Lipinski definition) is 2. The van der Waals surface area contributed by atoms with Crippen molar-refractivity contribution in [1.82, 2.24) is 9.47 Å². The van der Waals surface area contributed by atoms with Crippen LogP contribution in [0.15, 0.2) is 6.07 Å². The Labute approximate surface area is 130 Å². The fourth-order valence-corrected chi connectivity index (χ4v) is 3.79. The van der Waals surface area contributed by atoms with Crippen molar-refractivity contribution in [1.29, 1.82) is 0 Å². The van der Waals surface area contributed by atoms with Gasteiger partial charge in [0.05, 0.1) is 6.10 Å². The van der Waals surface area contributed by atoms with Gasteiger partial charge in [0, 0.05) is 29.5 Å². The third kappa shape index (κ3) is 3.35. The lowest BCUT2D eigenvalue weighted by atomic mass is 9.75. The lowest BCUT2D eigenvalue weighted by Crippen LogP contribution is -2.33. The van der Waals surface area contributed by atoms with Gasteiger partial charge in [0.15, 0.2) is 0 Å². The van der Waals surface area contributed by atoms with Gasteiger partial charge >= 0.3 is 0 Å². The first kappa shape index (κ1) is 16.6. The molecule has 0 amide bonds. The van der Waals surface area contributed by atoms with Gasteiger partial charge in [-0.15, -0.1) is 0 Å². The van der Waals surface area contributed by atoms with Crippen molar-refractivity contribution < 1.29 is 5.11 Å². The molecule has 0 fully saturated rings. The normalized spacial score (nSPS) is 22.7. The van der Waals surface area contributed by atoms with Crippen LogP contribution in [-0.2, 0) is 6.42 Å². The minimum Gasteiger partial charge on any atom is -0.388 e. The molecule has 1 aliphatic rings. The molecule has 2 atom stereocenters. The zero-order valence-electron chi connectivity index (χ0n) is 14.8. The summed E-state index contributed by atoms with van der Waals surface area (Å²) in [4.78, 5) is 2.26. The molecule has 120 valence electrons. The fourth-order valence-electron chi connectivity index (χ4n) is 3.79. The average molecular weight is 292 g/mol. The van der Waals surface area contributed by atoms with Crippen molar-refractivity contribution in [2.75, 3.05) is 20.6 Å². The summed E-state index contributed by atoms with van der Waals surface area (Å²) in [5.74, 6) is 0.574. The Hall–Kier alpha value is -0.800. The van der Waals surface area contributed by atoms with E-state index in [-0.39, 0.29) is 11.5 Å². The van der Waals surface area contributed by atoms with E-state index in [0.717, 1.165) is 24.9 Å². The number of aliphatic hydroxyl groups excluding tert-OH is 1. The molecule has 1 heterocycles. The predicted molar refractivity (Wildman–Crippen MR) is 88.7 cm³/mol. The smallest absolute Gasteiger partial charge is 0.0812 e. The maximum absolute atomic E-state index is 10.5. The van der Waals surface area contributed by atoms with Gasteiger partial charge in [0.25, 0.3) is 0 Å². The van der Waals surface area contributed by atoms with Crippen LogP contribution in [0.25, 0.3) is 0 Å². The van der Waals surface area contributed by atoms with E-state index in [1.54, 1.807) is 0 Å². The Morgan fingerprint density at radius 2 is 2.00 bits per heavy atom. The second kappa shape index (κ2) is 5.77. The summed E-state index contributed by atoms with van der Waals surface area (Å²) in [7, 11) is 4.28. The third-order valence-corrected chi connectivity index (χ3v) is 4.77. The van der Waals surface area contributed by atoms with E-state index in [4.69, 9.17) is 0 Å². The van der Waals surface area contributed by atoms with Gasteiger partial charge in [0.1, 0.15) is 0 Å². The molecule has 1 aromatic heterocycles. The third-order valence-electron chi connectivity index (χ3n) is 4.77. The van der Waals surface area contributed by atoms with E-state index in [2.05, 4.69) is 64.2 Å². The van der Waals surface area contributed by atoms with E-state index in [0.29, 0.717) is 12.0 Å². The molecule has 3 heteroatoms. The topological polar surface area (TPSA) is 28.4 Å². The quantitative estimate of drug-likeness (QED) is 0.919. The van der Waals surface area contributed by atoms with E-state index >= 15 is 0 Å². The lowest BCUT2D eigenvalue weighted by molar-refractivity contribution is 0.0964. The zero-order chi connectivity index (χ0) is 15.9. The molecule has 2 rings (SSSR count). The highest BCUT2D eigenvalue weighted by Gasteiger charge is 2.35. The first-order valence-electron chi connectivity index (χ1n) is 8.16. The highest BCUT2D eigenvalue weighted by Crippen LogP contribution is 2.43. The minimum atomic E-state index is -0.309. The van der Waals surface area contributed by atoms with Crippen LogP contribution in [0.1, 0.15) is 63.2 Å². The summed E-state index contributed by atoms with van der Waals surface area (Å²) in [6.07, 6.45) is 1.61. The molecule has 2 unspecified atom stereocenters. The van der Waals surface area contributed by atoms with Crippen LogP contribution < -0.4 is 0 Å². The highest BCUT2D eigenvalue weighted by molar-refractivity contribution is 5.34. The summed E-state index contributed by atoms with van der Waals surface area (Å²) in [5.41, 5.74) is 3.99. The first-order valence-corrected chi connectivity index (χ1v) is 8.16. The molecule has 1 N–H and O–H groups in total. The number of fused-ring (bicyclic) bond motifs is 1. The van der Waals surface area contributed by atoms with E-state index in [9.17, 15) is 5.11 Å². The van der Waals surface area contributed by atoms with Crippen LogP contribution in [-0.4, -0.2) is 35.2 Å². The molecule has 1 aromatic rings. The van der Waals surface area contributed by atoms with Crippen molar-refractivity contribution in [2.45, 2.75) is 59.6 Å². The van der Waals surface area contributed by atoms with Crippen molar-refractivity contribution >= 4 is 0 Å². The number of aliphatic hydroxyl groups is 1. The monoisotopic (exact) mass is 292 g/mol. The molecular weight excluding hydrogens is 260 g/mol. The molecule has 0 spiro atoms. The summed E-state index contributed by atoms with van der Waals surface area (Å²) in [6, 6.07) is 2.67. The molecular formula is C18H32N2O. The van der Waals surface area contributed by atoms with Gasteiger partial charge in [-0.05, 0) is 51.3 Å². The van der Waals surface area contributed by atoms with Crippen LogP contribution in [0.3, 0.4) is 0 Å². The maximum Gasteiger partial charge on any atom is 0.0812 e. The molecule has 0 bridgehead atoms. The lowest BCUT2D eigenvalue weighted by Gasteiger charge is -2.36. The second-order valence-electron chi connectivity index (χ2n) is 8.19. The second-order valence-corrected chi connectivity index (χ2v) is 8.19. The first-order chi connectivity index (χ1) is 9.62. The van der Waals surface area contributed by atoms with E-state index in [1.807, 2.05) is 0 Å². The molecule has 0 saturated heterocycles. The van der Waals surface area contributed by atoms with Crippen molar-refractivity contribution in [3.8, 4) is 0 Å². The van der Waals surface area contributed by atoms with Gasteiger partial charge in [-0.2, -0.15) is 0 Å². The Balaban J connectivity index is 2.49. The zero-order valence-corrected chi connectivity index (χ0v) is 14.8. The summed E-state index contributed by atoms with van der Waals surface area (Å²) in [6.45, 7) is 12.3. The highest BCUT2D eigenvalue weighted by atomic mass is 16.3.